The third-order valence-electron chi connectivity index (χ3n) is 3.20. The number of rotatable bonds is 4. The van der Waals surface area contributed by atoms with Crippen LogP contribution in [-0.4, -0.2) is 12.7 Å². The lowest BCUT2D eigenvalue weighted by Crippen LogP contribution is -2.15. The van der Waals surface area contributed by atoms with Gasteiger partial charge in [0.05, 0.1) is 11.1 Å². The van der Waals surface area contributed by atoms with E-state index in [1.165, 1.54) is 6.07 Å². The van der Waals surface area contributed by atoms with Gasteiger partial charge in [-0.1, -0.05) is 23.7 Å². The minimum atomic E-state index is -0.394. The lowest BCUT2D eigenvalue weighted by Gasteiger charge is -2.16. The van der Waals surface area contributed by atoms with Crippen molar-refractivity contribution in [2.45, 2.75) is 37.8 Å². The van der Waals surface area contributed by atoms with Crippen LogP contribution in [0.1, 0.15) is 37.3 Å². The van der Waals surface area contributed by atoms with Crippen molar-refractivity contribution in [1.82, 2.24) is 0 Å². The van der Waals surface area contributed by atoms with E-state index < -0.39 is 5.82 Å². The summed E-state index contributed by atoms with van der Waals surface area (Å²) in [4.78, 5) is 0. The van der Waals surface area contributed by atoms with Gasteiger partial charge in [0, 0.05) is 18.2 Å². The molecule has 17 heavy (non-hydrogen) atoms. The second kappa shape index (κ2) is 5.80. The zero-order valence-electron chi connectivity index (χ0n) is 9.66. The number of hydrogen-bond donors (Lipinski definition) is 1. The monoisotopic (exact) mass is 257 g/mol. The molecule has 94 valence electrons. The van der Waals surface area contributed by atoms with Crippen LogP contribution in [0, 0.1) is 5.82 Å². The molecule has 2 nitrogen and oxygen atoms in total. The van der Waals surface area contributed by atoms with E-state index in [0.29, 0.717) is 11.7 Å². The molecule has 1 aliphatic heterocycles. The Labute approximate surface area is 106 Å². The van der Waals surface area contributed by atoms with Gasteiger partial charge in [-0.15, -0.1) is 0 Å². The van der Waals surface area contributed by atoms with Gasteiger partial charge in [-0.3, -0.25) is 0 Å². The third-order valence-corrected chi connectivity index (χ3v) is 3.50. The third kappa shape index (κ3) is 3.18. The average molecular weight is 258 g/mol. The molecule has 1 heterocycles. The predicted molar refractivity (Wildman–Crippen MR) is 66.5 cm³/mol. The van der Waals surface area contributed by atoms with Crippen molar-refractivity contribution in [3.63, 3.8) is 0 Å². The van der Waals surface area contributed by atoms with Gasteiger partial charge in [0.2, 0.25) is 0 Å². The molecule has 1 aromatic carbocycles. The number of hydrogen-bond acceptors (Lipinski definition) is 2. The van der Waals surface area contributed by atoms with Gasteiger partial charge in [-0.25, -0.2) is 4.39 Å². The summed E-state index contributed by atoms with van der Waals surface area (Å²) in [5, 5.41) is 0.134. The van der Waals surface area contributed by atoms with E-state index >= 15 is 0 Å². The second-order valence-electron chi connectivity index (χ2n) is 4.46. The summed E-state index contributed by atoms with van der Waals surface area (Å²) in [5.41, 5.74) is 6.48. The molecule has 1 aliphatic rings. The highest BCUT2D eigenvalue weighted by molar-refractivity contribution is 6.30. The molecule has 2 N–H and O–H groups in total. The van der Waals surface area contributed by atoms with Gasteiger partial charge < -0.3 is 10.5 Å². The average Bonchev–Trinajstić information content (AvgIpc) is 2.82. The fourth-order valence-electron chi connectivity index (χ4n) is 2.20. The number of nitrogens with two attached hydrogens (primary N) is 1. The molecular formula is C13H17ClFNO. The van der Waals surface area contributed by atoms with Crippen LogP contribution < -0.4 is 5.73 Å². The van der Waals surface area contributed by atoms with E-state index in [-0.39, 0.29) is 11.1 Å². The van der Waals surface area contributed by atoms with Crippen molar-refractivity contribution in [2.24, 2.45) is 5.73 Å². The molecule has 0 aliphatic carbocycles. The van der Waals surface area contributed by atoms with Gasteiger partial charge in [-0.05, 0) is 31.7 Å². The molecule has 2 unspecified atom stereocenters. The van der Waals surface area contributed by atoms with E-state index in [2.05, 4.69) is 0 Å². The van der Waals surface area contributed by atoms with E-state index in [1.807, 2.05) is 0 Å². The van der Waals surface area contributed by atoms with Crippen molar-refractivity contribution in [3.05, 3.63) is 34.6 Å². The molecule has 1 fully saturated rings. The van der Waals surface area contributed by atoms with Crippen molar-refractivity contribution in [1.29, 1.82) is 0 Å². The van der Waals surface area contributed by atoms with Crippen molar-refractivity contribution in [2.75, 3.05) is 6.61 Å². The topological polar surface area (TPSA) is 35.2 Å². The summed E-state index contributed by atoms with van der Waals surface area (Å²) in [6.07, 6.45) is 4.11. The fourth-order valence-corrected chi connectivity index (χ4v) is 2.38. The van der Waals surface area contributed by atoms with E-state index in [0.717, 1.165) is 32.3 Å². The first-order chi connectivity index (χ1) is 8.18. The van der Waals surface area contributed by atoms with Gasteiger partial charge in [0.1, 0.15) is 5.82 Å². The summed E-state index contributed by atoms with van der Waals surface area (Å²) in [7, 11) is 0. The summed E-state index contributed by atoms with van der Waals surface area (Å²) in [6, 6.07) is 4.65. The Balaban J connectivity index is 1.94. The van der Waals surface area contributed by atoms with Crippen LogP contribution in [0.4, 0.5) is 4.39 Å². The van der Waals surface area contributed by atoms with Crippen LogP contribution in [-0.2, 0) is 4.74 Å². The van der Waals surface area contributed by atoms with E-state index in [9.17, 15) is 4.39 Å². The van der Waals surface area contributed by atoms with Gasteiger partial charge in [0.25, 0.3) is 0 Å². The highest BCUT2D eigenvalue weighted by Gasteiger charge is 2.19. The van der Waals surface area contributed by atoms with Crippen LogP contribution in [0.5, 0.6) is 0 Å². The largest absolute Gasteiger partial charge is 0.378 e. The Hall–Kier alpha value is -0.640. The zero-order valence-corrected chi connectivity index (χ0v) is 10.4. The summed E-state index contributed by atoms with van der Waals surface area (Å²) < 4.78 is 19.2. The van der Waals surface area contributed by atoms with E-state index in [1.54, 1.807) is 12.1 Å². The highest BCUT2D eigenvalue weighted by Crippen LogP contribution is 2.26. The summed E-state index contributed by atoms with van der Waals surface area (Å²) >= 11 is 5.73. The lowest BCUT2D eigenvalue weighted by atomic mass is 9.99. The molecule has 1 aromatic rings. The fraction of sp³-hybridized carbons (Fsp3) is 0.538. The molecule has 0 radical (unpaired) electrons. The maximum Gasteiger partial charge on any atom is 0.146 e. The Bertz CT molecular complexity index is 380. The van der Waals surface area contributed by atoms with Crippen molar-refractivity contribution in [3.8, 4) is 0 Å². The van der Waals surface area contributed by atoms with Gasteiger partial charge in [-0.2, -0.15) is 0 Å². The summed E-state index contributed by atoms with van der Waals surface area (Å²) in [6.45, 7) is 0.839. The smallest absolute Gasteiger partial charge is 0.146 e. The van der Waals surface area contributed by atoms with E-state index in [4.69, 9.17) is 22.1 Å². The molecule has 0 saturated carbocycles. The Morgan fingerprint density at radius 2 is 2.35 bits per heavy atom. The molecule has 0 amide bonds. The minimum absolute atomic E-state index is 0.134. The molecule has 0 bridgehead atoms. The minimum Gasteiger partial charge on any atom is -0.378 e. The summed E-state index contributed by atoms with van der Waals surface area (Å²) in [5.74, 6) is -0.394. The first kappa shape index (κ1) is 12.8. The van der Waals surface area contributed by atoms with Crippen LogP contribution in [0.3, 0.4) is 0 Å². The second-order valence-corrected chi connectivity index (χ2v) is 4.87. The maximum atomic E-state index is 13.7. The molecule has 2 atom stereocenters. The molecule has 0 aromatic heterocycles. The quantitative estimate of drug-likeness (QED) is 0.897. The highest BCUT2D eigenvalue weighted by atomic mass is 35.5. The molecule has 0 spiro atoms. The SMILES string of the molecule is NC(CCC1CCCO1)c1cccc(Cl)c1F. The molecular weight excluding hydrogens is 241 g/mol. The van der Waals surface area contributed by atoms with Crippen molar-refractivity contribution >= 4 is 11.6 Å². The number of halogens is 2. The molecule has 4 heteroatoms. The Morgan fingerprint density at radius 1 is 1.53 bits per heavy atom. The maximum absolute atomic E-state index is 13.7. The molecule has 2 rings (SSSR count). The standard InChI is InChI=1S/C13H17ClFNO/c14-11-5-1-4-10(13(11)15)12(16)7-6-9-3-2-8-17-9/h1,4-5,9,12H,2-3,6-8,16H2. The zero-order chi connectivity index (χ0) is 12.3. The number of ether oxygens (including phenoxy) is 1. The first-order valence-electron chi connectivity index (χ1n) is 5.99. The van der Waals surface area contributed by atoms with Crippen LogP contribution in [0.2, 0.25) is 5.02 Å². The molecule has 1 saturated heterocycles. The van der Waals surface area contributed by atoms with Crippen LogP contribution in [0.25, 0.3) is 0 Å². The van der Waals surface area contributed by atoms with Crippen molar-refractivity contribution < 1.29 is 9.13 Å². The predicted octanol–water partition coefficient (Wildman–Crippen LogP) is 3.44. The van der Waals surface area contributed by atoms with Gasteiger partial charge in [0.15, 0.2) is 0 Å². The van der Waals surface area contributed by atoms with Gasteiger partial charge >= 0.3 is 0 Å². The van der Waals surface area contributed by atoms with Crippen LogP contribution in [0.15, 0.2) is 18.2 Å². The van der Waals surface area contributed by atoms with Crippen LogP contribution >= 0.6 is 11.6 Å². The Kier molecular flexibility index (Phi) is 4.37. The first-order valence-corrected chi connectivity index (χ1v) is 6.37. The normalized spacial score (nSPS) is 21.7. The lowest BCUT2D eigenvalue weighted by molar-refractivity contribution is 0.101. The number of benzene rings is 1. The Morgan fingerprint density at radius 3 is 3.06 bits per heavy atom.